The van der Waals surface area contributed by atoms with Crippen LogP contribution >= 0.6 is 22.7 Å². The molecule has 0 saturated carbocycles. The summed E-state index contributed by atoms with van der Waals surface area (Å²) >= 11 is 2.63. The molecular formula is C8H6OS2. The van der Waals surface area contributed by atoms with Gasteiger partial charge in [-0.2, -0.15) is 0 Å². The summed E-state index contributed by atoms with van der Waals surface area (Å²) in [5, 5.41) is 1.94. The zero-order valence-electron chi connectivity index (χ0n) is 5.69. The highest BCUT2D eigenvalue weighted by molar-refractivity contribution is 7.26. The summed E-state index contributed by atoms with van der Waals surface area (Å²) in [6, 6.07) is 0. The third-order valence-electron chi connectivity index (χ3n) is 1.55. The fourth-order valence-corrected chi connectivity index (χ4v) is 2.84. The summed E-state index contributed by atoms with van der Waals surface area (Å²) in [5.41, 5.74) is 0. The summed E-state index contributed by atoms with van der Waals surface area (Å²) < 4.78 is 0.189. The zero-order valence-corrected chi connectivity index (χ0v) is 7.32. The molecule has 0 fully saturated rings. The second-order valence-corrected chi connectivity index (χ2v) is 4.43. The van der Waals surface area contributed by atoms with Crippen LogP contribution in [0.2, 0.25) is 0 Å². The number of hydrogen-bond donors (Lipinski definition) is 0. The number of allylic oxidation sites excluding steroid dienone is 4. The highest BCUT2D eigenvalue weighted by atomic mass is 32.2. The lowest BCUT2D eigenvalue weighted by atomic mass is 10.1. The normalized spacial score (nSPS) is 16.4. The van der Waals surface area contributed by atoms with Gasteiger partial charge < -0.3 is 0 Å². The van der Waals surface area contributed by atoms with Crippen molar-refractivity contribution in [2.45, 2.75) is 5.92 Å². The number of hydrogen-bond acceptors (Lipinski definition) is 3. The SMILES string of the molecule is O=c1scc(C2C=CC=C2)s1. The van der Waals surface area contributed by atoms with E-state index >= 15 is 0 Å². The van der Waals surface area contributed by atoms with Gasteiger partial charge in [0.1, 0.15) is 0 Å². The maximum atomic E-state index is 10.8. The average molecular weight is 182 g/mol. The zero-order chi connectivity index (χ0) is 7.68. The van der Waals surface area contributed by atoms with Gasteiger partial charge in [0.05, 0.1) is 0 Å². The molecule has 0 saturated heterocycles. The molecule has 0 aromatic carbocycles. The Morgan fingerprint density at radius 3 is 2.55 bits per heavy atom. The third-order valence-corrected chi connectivity index (χ3v) is 3.59. The van der Waals surface area contributed by atoms with Gasteiger partial charge in [0.2, 0.25) is 0 Å². The van der Waals surface area contributed by atoms with E-state index in [1.54, 1.807) is 0 Å². The van der Waals surface area contributed by atoms with Crippen LogP contribution in [0.5, 0.6) is 0 Å². The van der Waals surface area contributed by atoms with Crippen LogP contribution in [0.25, 0.3) is 0 Å². The van der Waals surface area contributed by atoms with Crippen LogP contribution < -0.4 is 4.06 Å². The van der Waals surface area contributed by atoms with E-state index in [1.165, 1.54) is 22.7 Å². The van der Waals surface area contributed by atoms with Crippen molar-refractivity contribution in [1.82, 2.24) is 0 Å². The molecule has 1 aliphatic carbocycles. The Balaban J connectivity index is 2.36. The Morgan fingerprint density at radius 1 is 1.27 bits per heavy atom. The highest BCUT2D eigenvalue weighted by Gasteiger charge is 2.08. The molecule has 1 aromatic rings. The molecule has 2 rings (SSSR count). The Morgan fingerprint density at radius 2 is 2.00 bits per heavy atom. The minimum absolute atomic E-state index is 0.189. The first kappa shape index (κ1) is 7.00. The lowest BCUT2D eigenvalue weighted by molar-refractivity contribution is 1.15. The molecule has 0 radical (unpaired) electrons. The lowest BCUT2D eigenvalue weighted by Crippen LogP contribution is -1.83. The molecule has 0 amide bonds. The van der Waals surface area contributed by atoms with Gasteiger partial charge in [-0.3, -0.25) is 4.79 Å². The van der Waals surface area contributed by atoms with Gasteiger partial charge in [-0.25, -0.2) is 0 Å². The number of rotatable bonds is 1. The van der Waals surface area contributed by atoms with E-state index in [0.717, 1.165) is 4.88 Å². The van der Waals surface area contributed by atoms with Crippen molar-refractivity contribution in [1.29, 1.82) is 0 Å². The molecule has 0 atom stereocenters. The summed E-state index contributed by atoms with van der Waals surface area (Å²) in [4.78, 5) is 12.0. The summed E-state index contributed by atoms with van der Waals surface area (Å²) in [5.74, 6) is 0.360. The fourth-order valence-electron chi connectivity index (χ4n) is 1.02. The minimum atomic E-state index is 0.189. The lowest BCUT2D eigenvalue weighted by Gasteiger charge is -1.96. The van der Waals surface area contributed by atoms with Crippen LogP contribution in [0.15, 0.2) is 34.5 Å². The van der Waals surface area contributed by atoms with E-state index in [2.05, 4.69) is 12.2 Å². The maximum absolute atomic E-state index is 10.8. The van der Waals surface area contributed by atoms with Gasteiger partial charge in [-0.05, 0) is 0 Å². The highest BCUT2D eigenvalue weighted by Crippen LogP contribution is 2.25. The molecule has 0 unspecified atom stereocenters. The van der Waals surface area contributed by atoms with E-state index in [-0.39, 0.29) is 4.06 Å². The van der Waals surface area contributed by atoms with Crippen LogP contribution in [0.1, 0.15) is 10.8 Å². The van der Waals surface area contributed by atoms with E-state index in [4.69, 9.17) is 0 Å². The molecular weight excluding hydrogens is 176 g/mol. The van der Waals surface area contributed by atoms with Crippen molar-refractivity contribution in [3.8, 4) is 0 Å². The molecule has 0 N–H and O–H groups in total. The van der Waals surface area contributed by atoms with Crippen LogP contribution in [-0.4, -0.2) is 0 Å². The monoisotopic (exact) mass is 182 g/mol. The van der Waals surface area contributed by atoms with Crippen LogP contribution in [0, 0.1) is 0 Å². The van der Waals surface area contributed by atoms with E-state index in [9.17, 15) is 4.79 Å². The van der Waals surface area contributed by atoms with Crippen molar-refractivity contribution >= 4 is 22.7 Å². The summed E-state index contributed by atoms with van der Waals surface area (Å²) in [7, 11) is 0. The first-order chi connectivity index (χ1) is 5.36. The van der Waals surface area contributed by atoms with E-state index in [0.29, 0.717) is 5.92 Å². The van der Waals surface area contributed by atoms with Crippen LogP contribution in [0.4, 0.5) is 0 Å². The summed E-state index contributed by atoms with van der Waals surface area (Å²) in [6.45, 7) is 0. The Kier molecular flexibility index (Phi) is 1.75. The Hall–Kier alpha value is -0.670. The topological polar surface area (TPSA) is 17.1 Å². The standard InChI is InChI=1S/C8H6OS2/c9-8-10-5-7(11-8)6-3-1-2-4-6/h1-6H. The molecule has 1 nitrogen and oxygen atoms in total. The van der Waals surface area contributed by atoms with Crippen LogP contribution in [0.3, 0.4) is 0 Å². The molecule has 0 aliphatic heterocycles. The average Bonchev–Trinajstić information content (AvgIpc) is 2.55. The second-order valence-electron chi connectivity index (χ2n) is 2.29. The van der Waals surface area contributed by atoms with Gasteiger partial charge in [0.15, 0.2) is 0 Å². The van der Waals surface area contributed by atoms with Gasteiger partial charge >= 0.3 is 0 Å². The Bertz CT molecular complexity index is 344. The molecule has 0 bridgehead atoms. The van der Waals surface area contributed by atoms with Crippen molar-refractivity contribution in [3.05, 3.63) is 43.4 Å². The largest absolute Gasteiger partial charge is 0.287 e. The van der Waals surface area contributed by atoms with Crippen LogP contribution in [-0.2, 0) is 0 Å². The second kappa shape index (κ2) is 2.75. The van der Waals surface area contributed by atoms with Gasteiger partial charge in [-0.15, -0.1) is 0 Å². The predicted octanol–water partition coefficient (Wildman–Crippen LogP) is 2.38. The van der Waals surface area contributed by atoms with Gasteiger partial charge in [0.25, 0.3) is 4.06 Å². The van der Waals surface area contributed by atoms with E-state index < -0.39 is 0 Å². The first-order valence-corrected chi connectivity index (χ1v) is 4.99. The summed E-state index contributed by atoms with van der Waals surface area (Å²) in [6.07, 6.45) is 8.22. The van der Waals surface area contributed by atoms with Gasteiger partial charge in [0, 0.05) is 16.2 Å². The molecule has 1 aliphatic rings. The Labute approximate surface area is 72.3 Å². The van der Waals surface area contributed by atoms with Crippen molar-refractivity contribution in [2.24, 2.45) is 0 Å². The minimum Gasteiger partial charge on any atom is -0.265 e. The maximum Gasteiger partial charge on any atom is 0.287 e. The van der Waals surface area contributed by atoms with Crippen molar-refractivity contribution in [2.75, 3.05) is 0 Å². The smallest absolute Gasteiger partial charge is 0.265 e. The first-order valence-electron chi connectivity index (χ1n) is 3.30. The van der Waals surface area contributed by atoms with Crippen molar-refractivity contribution < 1.29 is 0 Å². The van der Waals surface area contributed by atoms with Crippen molar-refractivity contribution in [3.63, 3.8) is 0 Å². The molecule has 56 valence electrons. The predicted molar refractivity (Wildman–Crippen MR) is 49.5 cm³/mol. The third kappa shape index (κ3) is 1.34. The fraction of sp³-hybridized carbons (Fsp3) is 0.125. The molecule has 0 spiro atoms. The van der Waals surface area contributed by atoms with Gasteiger partial charge in [-0.1, -0.05) is 47.0 Å². The molecule has 11 heavy (non-hydrogen) atoms. The molecule has 1 heterocycles. The quantitative estimate of drug-likeness (QED) is 0.651. The van der Waals surface area contributed by atoms with E-state index in [1.807, 2.05) is 17.5 Å². The molecule has 1 aromatic heterocycles. The molecule has 3 heteroatoms.